The SMILES string of the molecule is CCCCCCN(C)Cc1cccc2ncccc12. The van der Waals surface area contributed by atoms with Crippen molar-refractivity contribution >= 4 is 10.9 Å². The number of hydrogen-bond acceptors (Lipinski definition) is 2. The van der Waals surface area contributed by atoms with Crippen molar-refractivity contribution in [1.82, 2.24) is 9.88 Å². The van der Waals surface area contributed by atoms with Gasteiger partial charge in [0.2, 0.25) is 0 Å². The third kappa shape index (κ3) is 4.03. The molecule has 19 heavy (non-hydrogen) atoms. The zero-order chi connectivity index (χ0) is 13.5. The highest BCUT2D eigenvalue weighted by Gasteiger charge is 2.04. The predicted molar refractivity (Wildman–Crippen MR) is 82.2 cm³/mol. The molecule has 0 atom stereocenters. The van der Waals surface area contributed by atoms with Gasteiger partial charge in [-0.05, 0) is 37.7 Å². The molecule has 2 heteroatoms. The van der Waals surface area contributed by atoms with Crippen LogP contribution >= 0.6 is 0 Å². The topological polar surface area (TPSA) is 16.1 Å². The van der Waals surface area contributed by atoms with Gasteiger partial charge in [0.1, 0.15) is 0 Å². The number of unbranched alkanes of at least 4 members (excludes halogenated alkanes) is 3. The lowest BCUT2D eigenvalue weighted by atomic mass is 10.1. The van der Waals surface area contributed by atoms with Crippen molar-refractivity contribution in [3.63, 3.8) is 0 Å². The van der Waals surface area contributed by atoms with E-state index in [1.165, 1.54) is 43.2 Å². The van der Waals surface area contributed by atoms with Crippen molar-refractivity contribution < 1.29 is 0 Å². The van der Waals surface area contributed by atoms with Crippen LogP contribution in [-0.2, 0) is 6.54 Å². The lowest BCUT2D eigenvalue weighted by molar-refractivity contribution is 0.318. The summed E-state index contributed by atoms with van der Waals surface area (Å²) in [5.41, 5.74) is 2.47. The van der Waals surface area contributed by atoms with Crippen LogP contribution in [0.25, 0.3) is 10.9 Å². The van der Waals surface area contributed by atoms with E-state index in [0.717, 1.165) is 12.1 Å². The molecular formula is C17H24N2. The summed E-state index contributed by atoms with van der Waals surface area (Å²) in [6, 6.07) is 10.6. The van der Waals surface area contributed by atoms with E-state index < -0.39 is 0 Å². The molecule has 0 aliphatic carbocycles. The molecule has 0 spiro atoms. The Bertz CT molecular complexity index is 502. The molecule has 2 rings (SSSR count). The quantitative estimate of drug-likeness (QED) is 0.689. The highest BCUT2D eigenvalue weighted by atomic mass is 15.1. The number of nitrogens with zero attached hydrogens (tertiary/aromatic N) is 2. The first-order valence-corrected chi connectivity index (χ1v) is 7.32. The highest BCUT2D eigenvalue weighted by molar-refractivity contribution is 5.81. The van der Waals surface area contributed by atoms with Gasteiger partial charge in [-0.2, -0.15) is 0 Å². The molecule has 0 fully saturated rings. The monoisotopic (exact) mass is 256 g/mol. The molecule has 1 aromatic carbocycles. The van der Waals surface area contributed by atoms with Crippen molar-refractivity contribution in [2.75, 3.05) is 13.6 Å². The fraction of sp³-hybridized carbons (Fsp3) is 0.471. The molecule has 0 radical (unpaired) electrons. The van der Waals surface area contributed by atoms with Gasteiger partial charge in [-0.3, -0.25) is 4.98 Å². The Morgan fingerprint density at radius 3 is 2.79 bits per heavy atom. The van der Waals surface area contributed by atoms with Gasteiger partial charge in [-0.15, -0.1) is 0 Å². The van der Waals surface area contributed by atoms with Gasteiger partial charge in [-0.25, -0.2) is 0 Å². The van der Waals surface area contributed by atoms with Crippen molar-refractivity contribution in [3.8, 4) is 0 Å². The summed E-state index contributed by atoms with van der Waals surface area (Å²) in [7, 11) is 2.21. The molecule has 0 amide bonds. The van der Waals surface area contributed by atoms with Crippen molar-refractivity contribution in [1.29, 1.82) is 0 Å². The molecule has 1 aromatic heterocycles. The summed E-state index contributed by atoms with van der Waals surface area (Å²) in [6.45, 7) is 4.44. The number of aromatic nitrogens is 1. The van der Waals surface area contributed by atoms with Gasteiger partial charge >= 0.3 is 0 Å². The second-order valence-electron chi connectivity index (χ2n) is 5.29. The molecule has 1 heterocycles. The molecule has 0 bridgehead atoms. The number of pyridine rings is 1. The second-order valence-corrected chi connectivity index (χ2v) is 5.29. The Labute approximate surface area is 116 Å². The Morgan fingerprint density at radius 1 is 1.05 bits per heavy atom. The maximum absolute atomic E-state index is 4.42. The molecule has 0 N–H and O–H groups in total. The van der Waals surface area contributed by atoms with Crippen LogP contribution in [0.5, 0.6) is 0 Å². The summed E-state index contributed by atoms with van der Waals surface area (Å²) in [4.78, 5) is 6.83. The standard InChI is InChI=1S/C17H24N2/c1-3-4-5-6-13-19(2)14-15-9-7-11-17-16(15)10-8-12-18-17/h7-12H,3-6,13-14H2,1-2H3. The normalized spacial score (nSPS) is 11.3. The Balaban J connectivity index is 1.97. The van der Waals surface area contributed by atoms with E-state index in [-0.39, 0.29) is 0 Å². The van der Waals surface area contributed by atoms with Crippen molar-refractivity contribution in [2.45, 2.75) is 39.2 Å². The van der Waals surface area contributed by atoms with Gasteiger partial charge in [0.15, 0.2) is 0 Å². The summed E-state index contributed by atoms with van der Waals surface area (Å²) in [6.07, 6.45) is 7.16. The molecule has 0 saturated heterocycles. The first kappa shape index (κ1) is 14.0. The molecule has 0 unspecified atom stereocenters. The highest BCUT2D eigenvalue weighted by Crippen LogP contribution is 2.17. The van der Waals surface area contributed by atoms with Crippen molar-refractivity contribution in [3.05, 3.63) is 42.1 Å². The van der Waals surface area contributed by atoms with E-state index in [1.54, 1.807) is 0 Å². The second kappa shape index (κ2) is 7.25. The number of hydrogen-bond donors (Lipinski definition) is 0. The van der Waals surface area contributed by atoms with Crippen LogP contribution in [0.15, 0.2) is 36.5 Å². The van der Waals surface area contributed by atoms with E-state index in [0.29, 0.717) is 0 Å². The third-order valence-corrected chi connectivity index (χ3v) is 3.57. The van der Waals surface area contributed by atoms with Crippen LogP contribution in [-0.4, -0.2) is 23.5 Å². The molecule has 0 saturated carbocycles. The number of rotatable bonds is 7. The number of benzene rings is 1. The minimum absolute atomic E-state index is 1.01. The van der Waals surface area contributed by atoms with Crippen LogP contribution in [0.2, 0.25) is 0 Å². The van der Waals surface area contributed by atoms with Gasteiger partial charge in [0, 0.05) is 18.1 Å². The lowest BCUT2D eigenvalue weighted by Gasteiger charge is -2.17. The van der Waals surface area contributed by atoms with E-state index in [1.807, 2.05) is 12.3 Å². The first-order valence-electron chi connectivity index (χ1n) is 7.32. The van der Waals surface area contributed by atoms with Gasteiger partial charge in [0.05, 0.1) is 5.52 Å². The maximum atomic E-state index is 4.42. The van der Waals surface area contributed by atoms with Crippen LogP contribution in [0.3, 0.4) is 0 Å². The minimum atomic E-state index is 1.01. The van der Waals surface area contributed by atoms with Gasteiger partial charge < -0.3 is 4.90 Å². The van der Waals surface area contributed by atoms with E-state index in [2.05, 4.69) is 48.1 Å². The Morgan fingerprint density at radius 2 is 1.95 bits per heavy atom. The van der Waals surface area contributed by atoms with E-state index >= 15 is 0 Å². The average molecular weight is 256 g/mol. The minimum Gasteiger partial charge on any atom is -0.302 e. The zero-order valence-corrected chi connectivity index (χ0v) is 12.1. The zero-order valence-electron chi connectivity index (χ0n) is 12.1. The van der Waals surface area contributed by atoms with Gasteiger partial charge in [-0.1, -0.05) is 44.4 Å². The third-order valence-electron chi connectivity index (χ3n) is 3.57. The predicted octanol–water partition coefficient (Wildman–Crippen LogP) is 4.25. The lowest BCUT2D eigenvalue weighted by Crippen LogP contribution is -2.19. The molecule has 2 aromatic rings. The molecule has 2 nitrogen and oxygen atoms in total. The molecular weight excluding hydrogens is 232 g/mol. The largest absolute Gasteiger partial charge is 0.302 e. The fourth-order valence-electron chi connectivity index (χ4n) is 2.48. The summed E-state index contributed by atoms with van der Waals surface area (Å²) in [5, 5.41) is 1.28. The molecule has 0 aliphatic heterocycles. The summed E-state index contributed by atoms with van der Waals surface area (Å²) >= 11 is 0. The fourth-order valence-corrected chi connectivity index (χ4v) is 2.48. The van der Waals surface area contributed by atoms with Crippen LogP contribution in [0.4, 0.5) is 0 Å². The summed E-state index contributed by atoms with van der Waals surface area (Å²) < 4.78 is 0. The van der Waals surface area contributed by atoms with Gasteiger partial charge in [0.25, 0.3) is 0 Å². The number of fused-ring (bicyclic) bond motifs is 1. The molecule has 0 aliphatic rings. The average Bonchev–Trinajstić information content (AvgIpc) is 2.44. The Hall–Kier alpha value is -1.41. The van der Waals surface area contributed by atoms with E-state index in [4.69, 9.17) is 0 Å². The van der Waals surface area contributed by atoms with Crippen molar-refractivity contribution in [2.24, 2.45) is 0 Å². The maximum Gasteiger partial charge on any atom is 0.0705 e. The van der Waals surface area contributed by atoms with Crippen LogP contribution in [0.1, 0.15) is 38.2 Å². The first-order chi connectivity index (χ1) is 9.31. The van der Waals surface area contributed by atoms with Crippen LogP contribution in [0, 0.1) is 0 Å². The van der Waals surface area contributed by atoms with Crippen LogP contribution < -0.4 is 0 Å². The summed E-state index contributed by atoms with van der Waals surface area (Å²) in [5.74, 6) is 0. The van der Waals surface area contributed by atoms with E-state index in [9.17, 15) is 0 Å². The Kier molecular flexibility index (Phi) is 5.34. The molecule has 102 valence electrons. The smallest absolute Gasteiger partial charge is 0.0705 e.